The molecule has 0 spiro atoms. The number of hydrogen-bond donors (Lipinski definition) is 2. The Morgan fingerprint density at radius 1 is 0.960 bits per heavy atom. The molecule has 0 aliphatic heterocycles. The predicted octanol–water partition coefficient (Wildman–Crippen LogP) is 5.04. The van der Waals surface area contributed by atoms with Gasteiger partial charge in [0.15, 0.2) is 5.76 Å². The van der Waals surface area contributed by atoms with E-state index >= 15 is 0 Å². The first-order valence-electron chi connectivity index (χ1n) is 7.24. The summed E-state index contributed by atoms with van der Waals surface area (Å²) < 4.78 is 6.00. The van der Waals surface area contributed by atoms with Crippen LogP contribution < -0.4 is 10.6 Å². The van der Waals surface area contributed by atoms with Crippen molar-refractivity contribution in [2.75, 3.05) is 10.6 Å². The van der Waals surface area contributed by atoms with E-state index in [0.717, 1.165) is 3.57 Å². The first-order valence-corrected chi connectivity index (χ1v) is 8.70. The summed E-state index contributed by atoms with van der Waals surface area (Å²) in [7, 11) is 0. The topological polar surface area (TPSA) is 71.3 Å². The standard InChI is InChI=1S/C18H12ClIN2O3/c19-14-10-13(21-17(23)11-3-1-4-12(20)9-11)6-7-15(14)22-18(24)16-5-2-8-25-16/h1-10H,(H,21,23)(H,22,24). The summed E-state index contributed by atoms with van der Waals surface area (Å²) in [5.41, 5.74) is 1.51. The molecule has 3 rings (SSSR count). The van der Waals surface area contributed by atoms with Crippen LogP contribution in [-0.4, -0.2) is 11.8 Å². The zero-order chi connectivity index (χ0) is 17.8. The van der Waals surface area contributed by atoms with Gasteiger partial charge in [0.1, 0.15) is 0 Å². The summed E-state index contributed by atoms with van der Waals surface area (Å²) in [4.78, 5) is 24.2. The number of benzene rings is 2. The Kier molecular flexibility index (Phi) is 5.40. The second-order valence-electron chi connectivity index (χ2n) is 5.09. The van der Waals surface area contributed by atoms with Crippen molar-refractivity contribution in [1.29, 1.82) is 0 Å². The normalized spacial score (nSPS) is 10.3. The monoisotopic (exact) mass is 466 g/mol. The van der Waals surface area contributed by atoms with Crippen molar-refractivity contribution >= 4 is 57.4 Å². The van der Waals surface area contributed by atoms with Crippen LogP contribution in [0.15, 0.2) is 65.3 Å². The van der Waals surface area contributed by atoms with Crippen LogP contribution in [0.4, 0.5) is 11.4 Å². The van der Waals surface area contributed by atoms with Crippen LogP contribution >= 0.6 is 34.2 Å². The quantitative estimate of drug-likeness (QED) is 0.529. The Bertz CT molecular complexity index is 926. The summed E-state index contributed by atoms with van der Waals surface area (Å²) >= 11 is 8.34. The molecule has 2 aromatic carbocycles. The second kappa shape index (κ2) is 7.71. The molecular formula is C18H12ClIN2O3. The van der Waals surface area contributed by atoms with Gasteiger partial charge in [0.2, 0.25) is 0 Å². The summed E-state index contributed by atoms with van der Waals surface area (Å²) in [5.74, 6) is -0.448. The fourth-order valence-electron chi connectivity index (χ4n) is 2.12. The van der Waals surface area contributed by atoms with Crippen molar-refractivity contribution in [2.45, 2.75) is 0 Å². The number of carbonyl (C=O) groups is 2. The van der Waals surface area contributed by atoms with E-state index in [2.05, 4.69) is 33.2 Å². The summed E-state index contributed by atoms with van der Waals surface area (Å²) in [5, 5.41) is 5.74. The maximum absolute atomic E-state index is 12.3. The molecule has 0 unspecified atom stereocenters. The highest BCUT2D eigenvalue weighted by molar-refractivity contribution is 14.1. The molecule has 0 fully saturated rings. The molecule has 0 atom stereocenters. The lowest BCUT2D eigenvalue weighted by Gasteiger charge is -2.10. The first kappa shape index (κ1) is 17.5. The largest absolute Gasteiger partial charge is 0.459 e. The lowest BCUT2D eigenvalue weighted by Crippen LogP contribution is -2.13. The molecule has 2 amide bonds. The molecule has 126 valence electrons. The van der Waals surface area contributed by atoms with Gasteiger partial charge in [-0.2, -0.15) is 0 Å². The van der Waals surface area contributed by atoms with Crippen LogP contribution in [0.1, 0.15) is 20.9 Å². The maximum atomic E-state index is 12.3. The minimum atomic E-state index is -0.400. The molecule has 5 nitrogen and oxygen atoms in total. The van der Waals surface area contributed by atoms with Crippen molar-refractivity contribution in [3.63, 3.8) is 0 Å². The van der Waals surface area contributed by atoms with Gasteiger partial charge in [0.05, 0.1) is 17.0 Å². The van der Waals surface area contributed by atoms with E-state index in [1.807, 2.05) is 12.1 Å². The van der Waals surface area contributed by atoms with E-state index in [1.165, 1.54) is 6.26 Å². The molecule has 0 radical (unpaired) electrons. The van der Waals surface area contributed by atoms with Gasteiger partial charge in [0.25, 0.3) is 11.8 Å². The fourth-order valence-corrected chi connectivity index (χ4v) is 2.89. The third-order valence-electron chi connectivity index (χ3n) is 3.31. The third-order valence-corrected chi connectivity index (χ3v) is 4.29. The average Bonchev–Trinajstić information content (AvgIpc) is 3.12. The summed E-state index contributed by atoms with van der Waals surface area (Å²) in [6.07, 6.45) is 1.42. The van der Waals surface area contributed by atoms with Crippen LogP contribution in [0.5, 0.6) is 0 Å². The Morgan fingerprint density at radius 2 is 1.80 bits per heavy atom. The number of rotatable bonds is 4. The summed E-state index contributed by atoms with van der Waals surface area (Å²) in [6.45, 7) is 0. The first-order chi connectivity index (χ1) is 12.0. The third kappa shape index (κ3) is 4.40. The van der Waals surface area contributed by atoms with Gasteiger partial charge in [-0.15, -0.1) is 0 Å². The summed E-state index contributed by atoms with van der Waals surface area (Å²) in [6, 6.07) is 15.3. The van der Waals surface area contributed by atoms with Crippen LogP contribution in [0.25, 0.3) is 0 Å². The second-order valence-corrected chi connectivity index (χ2v) is 6.74. The number of anilines is 2. The highest BCUT2D eigenvalue weighted by Gasteiger charge is 2.12. The Balaban J connectivity index is 1.71. The fraction of sp³-hybridized carbons (Fsp3) is 0. The minimum Gasteiger partial charge on any atom is -0.459 e. The zero-order valence-electron chi connectivity index (χ0n) is 12.8. The van der Waals surface area contributed by atoms with Crippen LogP contribution in [-0.2, 0) is 0 Å². The molecule has 1 aromatic heterocycles. The van der Waals surface area contributed by atoms with Gasteiger partial charge >= 0.3 is 0 Å². The highest BCUT2D eigenvalue weighted by Crippen LogP contribution is 2.26. The minimum absolute atomic E-state index is 0.187. The molecule has 25 heavy (non-hydrogen) atoms. The van der Waals surface area contributed by atoms with Gasteiger partial charge < -0.3 is 15.1 Å². The molecule has 3 aromatic rings. The molecular weight excluding hydrogens is 455 g/mol. The molecule has 7 heteroatoms. The van der Waals surface area contributed by atoms with Gasteiger partial charge in [-0.25, -0.2) is 0 Å². The average molecular weight is 467 g/mol. The Labute approximate surface area is 162 Å². The molecule has 0 saturated heterocycles. The molecule has 0 aliphatic carbocycles. The zero-order valence-corrected chi connectivity index (χ0v) is 15.7. The van der Waals surface area contributed by atoms with Crippen LogP contribution in [0.3, 0.4) is 0 Å². The SMILES string of the molecule is O=C(Nc1ccc(NC(=O)c2ccco2)c(Cl)c1)c1cccc(I)c1. The van der Waals surface area contributed by atoms with Crippen LogP contribution in [0, 0.1) is 3.57 Å². The molecule has 0 aliphatic rings. The van der Waals surface area contributed by atoms with Crippen molar-refractivity contribution in [3.05, 3.63) is 80.8 Å². The number of halogens is 2. The Hall–Kier alpha value is -2.32. The van der Waals surface area contributed by atoms with E-state index < -0.39 is 5.91 Å². The number of carbonyl (C=O) groups excluding carboxylic acids is 2. The molecule has 2 N–H and O–H groups in total. The predicted molar refractivity (Wildman–Crippen MR) is 105 cm³/mol. The molecule has 1 heterocycles. The van der Waals surface area contributed by atoms with Crippen LogP contribution in [0.2, 0.25) is 5.02 Å². The van der Waals surface area contributed by atoms with E-state index in [0.29, 0.717) is 22.0 Å². The van der Waals surface area contributed by atoms with Crippen molar-refractivity contribution in [2.24, 2.45) is 0 Å². The van der Waals surface area contributed by atoms with Gasteiger partial charge in [-0.3, -0.25) is 9.59 Å². The van der Waals surface area contributed by atoms with Crippen molar-refractivity contribution < 1.29 is 14.0 Å². The van der Waals surface area contributed by atoms with Gasteiger partial charge in [-0.05, 0) is 71.1 Å². The lowest BCUT2D eigenvalue weighted by molar-refractivity contribution is 0.0994. The number of furan rings is 1. The number of nitrogens with one attached hydrogen (secondary N) is 2. The van der Waals surface area contributed by atoms with Crippen molar-refractivity contribution in [1.82, 2.24) is 0 Å². The van der Waals surface area contributed by atoms with Gasteiger partial charge in [0, 0.05) is 14.8 Å². The molecule has 0 saturated carbocycles. The number of hydrogen-bond acceptors (Lipinski definition) is 3. The van der Waals surface area contributed by atoms with Gasteiger partial charge in [-0.1, -0.05) is 17.7 Å². The Morgan fingerprint density at radius 3 is 2.48 bits per heavy atom. The number of amides is 2. The van der Waals surface area contributed by atoms with E-state index in [-0.39, 0.29) is 11.7 Å². The lowest BCUT2D eigenvalue weighted by atomic mass is 10.2. The highest BCUT2D eigenvalue weighted by atomic mass is 127. The molecule has 0 bridgehead atoms. The smallest absolute Gasteiger partial charge is 0.291 e. The van der Waals surface area contributed by atoms with E-state index in [1.54, 1.807) is 42.5 Å². The van der Waals surface area contributed by atoms with E-state index in [9.17, 15) is 9.59 Å². The van der Waals surface area contributed by atoms with E-state index in [4.69, 9.17) is 16.0 Å². The van der Waals surface area contributed by atoms with Crippen molar-refractivity contribution in [3.8, 4) is 0 Å². The maximum Gasteiger partial charge on any atom is 0.291 e.